The first-order valence-electron chi connectivity index (χ1n) is 10.1. The molecule has 3 N–H and O–H groups in total. The number of aromatic nitrogens is 2. The van der Waals surface area contributed by atoms with Gasteiger partial charge in [0.15, 0.2) is 0 Å². The summed E-state index contributed by atoms with van der Waals surface area (Å²) >= 11 is 0. The molecule has 1 aliphatic carbocycles. The zero-order valence-electron chi connectivity index (χ0n) is 17.2. The molecular formula is C22H33ClN4O. The second-order valence-electron chi connectivity index (χ2n) is 7.89. The summed E-state index contributed by atoms with van der Waals surface area (Å²) < 4.78 is 2.05. The van der Waals surface area contributed by atoms with Gasteiger partial charge >= 0.3 is 0 Å². The number of nitrogens with zero attached hydrogens (tertiary/aromatic N) is 2. The van der Waals surface area contributed by atoms with Gasteiger partial charge in [0, 0.05) is 18.2 Å². The summed E-state index contributed by atoms with van der Waals surface area (Å²) in [5.74, 6) is 0.570. The van der Waals surface area contributed by atoms with Crippen LogP contribution in [0.4, 0.5) is 0 Å². The normalized spacial score (nSPS) is 18.7. The number of carbonyl (C=O) groups is 1. The second kappa shape index (κ2) is 10.1. The highest BCUT2D eigenvalue weighted by molar-refractivity contribution is 5.85. The van der Waals surface area contributed by atoms with Crippen LogP contribution in [0.25, 0.3) is 0 Å². The van der Waals surface area contributed by atoms with Gasteiger partial charge in [0.2, 0.25) is 5.91 Å². The maximum atomic E-state index is 12.4. The van der Waals surface area contributed by atoms with Crippen molar-refractivity contribution in [3.05, 3.63) is 52.3 Å². The van der Waals surface area contributed by atoms with Gasteiger partial charge in [-0.05, 0) is 63.6 Å². The molecule has 0 spiro atoms. The largest absolute Gasteiger partial charge is 0.353 e. The Morgan fingerprint density at radius 2 is 1.93 bits per heavy atom. The molecule has 2 aromatic rings. The second-order valence-corrected chi connectivity index (χ2v) is 7.89. The lowest BCUT2D eigenvalue weighted by Gasteiger charge is -2.19. The van der Waals surface area contributed by atoms with Gasteiger partial charge in [-0.3, -0.25) is 9.48 Å². The fourth-order valence-electron chi connectivity index (χ4n) is 4.14. The molecule has 1 amide bonds. The van der Waals surface area contributed by atoms with E-state index in [-0.39, 0.29) is 24.4 Å². The Balaban J connectivity index is 0.00000280. The molecule has 6 heteroatoms. The number of hydrogen-bond donors (Lipinski definition) is 2. The highest BCUT2D eigenvalue weighted by Crippen LogP contribution is 2.25. The first-order chi connectivity index (χ1) is 13.0. The maximum Gasteiger partial charge on any atom is 0.220 e. The quantitative estimate of drug-likeness (QED) is 0.742. The van der Waals surface area contributed by atoms with Crippen molar-refractivity contribution >= 4 is 18.3 Å². The van der Waals surface area contributed by atoms with Gasteiger partial charge in [0.05, 0.1) is 12.2 Å². The van der Waals surface area contributed by atoms with Crippen LogP contribution in [0, 0.1) is 26.7 Å². The Kier molecular flexibility index (Phi) is 8.08. The summed E-state index contributed by atoms with van der Waals surface area (Å²) in [6.45, 7) is 7.65. The van der Waals surface area contributed by atoms with Gasteiger partial charge in [-0.25, -0.2) is 0 Å². The third kappa shape index (κ3) is 5.36. The van der Waals surface area contributed by atoms with E-state index < -0.39 is 0 Å². The zero-order valence-corrected chi connectivity index (χ0v) is 18.0. The predicted octanol–water partition coefficient (Wildman–Crippen LogP) is 3.45. The summed E-state index contributed by atoms with van der Waals surface area (Å²) in [4.78, 5) is 12.4. The highest BCUT2D eigenvalue weighted by atomic mass is 35.5. The lowest BCUT2D eigenvalue weighted by Crippen LogP contribution is -2.39. The van der Waals surface area contributed by atoms with Crippen LogP contribution in [-0.4, -0.2) is 28.3 Å². The molecule has 1 aromatic carbocycles. The third-order valence-corrected chi connectivity index (χ3v) is 5.89. The van der Waals surface area contributed by atoms with Gasteiger partial charge in [-0.1, -0.05) is 36.2 Å². The molecule has 28 heavy (non-hydrogen) atoms. The molecule has 1 saturated carbocycles. The molecule has 0 bridgehead atoms. The van der Waals surface area contributed by atoms with E-state index in [2.05, 4.69) is 48.1 Å². The van der Waals surface area contributed by atoms with Crippen molar-refractivity contribution in [2.75, 3.05) is 6.54 Å². The highest BCUT2D eigenvalue weighted by Gasteiger charge is 2.27. The van der Waals surface area contributed by atoms with Gasteiger partial charge in [0.1, 0.15) is 0 Å². The summed E-state index contributed by atoms with van der Waals surface area (Å²) in [6.07, 6.45) is 4.59. The van der Waals surface area contributed by atoms with E-state index in [0.717, 1.165) is 43.6 Å². The first-order valence-corrected chi connectivity index (χ1v) is 10.1. The maximum absolute atomic E-state index is 12.4. The standard InChI is InChI=1S/C22H32N4O.ClH/c1-15-7-9-18(10-8-15)14-26-17(3)20(16(2)25-26)11-12-22(27)24-21-6-4-5-19(21)13-23;/h7-10,19,21H,4-6,11-14,23H2,1-3H3,(H,24,27);1H. The van der Waals surface area contributed by atoms with Crippen molar-refractivity contribution in [3.8, 4) is 0 Å². The van der Waals surface area contributed by atoms with Gasteiger partial charge in [-0.15, -0.1) is 12.4 Å². The van der Waals surface area contributed by atoms with Crippen LogP contribution in [-0.2, 0) is 17.8 Å². The Morgan fingerprint density at radius 1 is 1.21 bits per heavy atom. The summed E-state index contributed by atoms with van der Waals surface area (Å²) in [5, 5.41) is 7.90. The van der Waals surface area contributed by atoms with Crippen LogP contribution in [0.5, 0.6) is 0 Å². The van der Waals surface area contributed by atoms with E-state index in [9.17, 15) is 4.79 Å². The van der Waals surface area contributed by atoms with Crippen molar-refractivity contribution in [2.24, 2.45) is 11.7 Å². The fraction of sp³-hybridized carbons (Fsp3) is 0.545. The fourth-order valence-corrected chi connectivity index (χ4v) is 4.14. The van der Waals surface area contributed by atoms with E-state index in [4.69, 9.17) is 10.8 Å². The molecule has 0 saturated heterocycles. The van der Waals surface area contributed by atoms with Crippen molar-refractivity contribution in [1.29, 1.82) is 0 Å². The van der Waals surface area contributed by atoms with E-state index in [1.165, 1.54) is 16.7 Å². The molecule has 1 fully saturated rings. The zero-order chi connectivity index (χ0) is 19.4. The number of hydrogen-bond acceptors (Lipinski definition) is 3. The number of carbonyl (C=O) groups excluding carboxylic acids is 1. The molecule has 3 rings (SSSR count). The van der Waals surface area contributed by atoms with E-state index in [1.54, 1.807) is 0 Å². The first kappa shape index (κ1) is 22.4. The molecule has 1 aliphatic rings. The molecule has 154 valence electrons. The van der Waals surface area contributed by atoms with Crippen molar-refractivity contribution in [3.63, 3.8) is 0 Å². The van der Waals surface area contributed by atoms with E-state index >= 15 is 0 Å². The number of nitrogens with two attached hydrogens (primary N) is 1. The van der Waals surface area contributed by atoms with Crippen LogP contribution in [0.1, 0.15) is 53.8 Å². The monoisotopic (exact) mass is 404 g/mol. The van der Waals surface area contributed by atoms with Crippen LogP contribution < -0.4 is 11.1 Å². The smallest absolute Gasteiger partial charge is 0.220 e. The Labute approximate surface area is 174 Å². The minimum absolute atomic E-state index is 0. The number of nitrogens with one attached hydrogen (secondary N) is 1. The van der Waals surface area contributed by atoms with Crippen LogP contribution in [0.15, 0.2) is 24.3 Å². The average Bonchev–Trinajstić information content (AvgIpc) is 3.19. The average molecular weight is 405 g/mol. The summed E-state index contributed by atoms with van der Waals surface area (Å²) in [7, 11) is 0. The molecule has 1 heterocycles. The Morgan fingerprint density at radius 3 is 2.61 bits per heavy atom. The number of benzene rings is 1. The number of amides is 1. The summed E-state index contributed by atoms with van der Waals surface area (Å²) in [5.41, 5.74) is 11.7. The topological polar surface area (TPSA) is 72.9 Å². The third-order valence-electron chi connectivity index (χ3n) is 5.89. The minimum Gasteiger partial charge on any atom is -0.353 e. The molecular weight excluding hydrogens is 372 g/mol. The number of halogens is 1. The van der Waals surface area contributed by atoms with Crippen LogP contribution in [0.2, 0.25) is 0 Å². The van der Waals surface area contributed by atoms with Crippen molar-refractivity contribution < 1.29 is 4.79 Å². The van der Waals surface area contributed by atoms with Gasteiger partial charge in [-0.2, -0.15) is 5.10 Å². The van der Waals surface area contributed by atoms with Gasteiger partial charge < -0.3 is 11.1 Å². The predicted molar refractivity (Wildman–Crippen MR) is 116 cm³/mol. The summed E-state index contributed by atoms with van der Waals surface area (Å²) in [6, 6.07) is 8.81. The lowest BCUT2D eigenvalue weighted by atomic mass is 10.0. The van der Waals surface area contributed by atoms with E-state index in [0.29, 0.717) is 18.9 Å². The molecule has 1 aromatic heterocycles. The molecule has 2 atom stereocenters. The van der Waals surface area contributed by atoms with Crippen LogP contribution in [0.3, 0.4) is 0 Å². The lowest BCUT2D eigenvalue weighted by molar-refractivity contribution is -0.122. The number of aryl methyl sites for hydroxylation is 2. The van der Waals surface area contributed by atoms with Crippen molar-refractivity contribution in [1.82, 2.24) is 15.1 Å². The minimum atomic E-state index is 0. The molecule has 0 aliphatic heterocycles. The SMILES string of the molecule is Cc1ccc(Cn2nc(C)c(CCC(=O)NC3CCCC3CN)c2C)cc1.Cl. The van der Waals surface area contributed by atoms with Crippen molar-refractivity contribution in [2.45, 2.75) is 65.5 Å². The molecule has 0 radical (unpaired) electrons. The van der Waals surface area contributed by atoms with Crippen LogP contribution >= 0.6 is 12.4 Å². The molecule has 5 nitrogen and oxygen atoms in total. The Bertz CT molecular complexity index is 785. The Hall–Kier alpha value is -1.85. The number of rotatable bonds is 7. The van der Waals surface area contributed by atoms with Gasteiger partial charge in [0.25, 0.3) is 0 Å². The van der Waals surface area contributed by atoms with E-state index in [1.807, 2.05) is 6.92 Å². The molecule has 2 unspecified atom stereocenters.